The Morgan fingerprint density at radius 2 is 2.15 bits per heavy atom. The van der Waals surface area contributed by atoms with Gasteiger partial charge in [0.25, 0.3) is 5.91 Å². The minimum Gasteiger partial charge on any atom is -0.452 e. The van der Waals surface area contributed by atoms with Gasteiger partial charge in [-0.05, 0) is 25.1 Å². The summed E-state index contributed by atoms with van der Waals surface area (Å²) < 4.78 is 44.9. The Morgan fingerprint density at radius 1 is 1.37 bits per heavy atom. The van der Waals surface area contributed by atoms with Gasteiger partial charge in [0.15, 0.2) is 11.1 Å². The maximum atomic E-state index is 12.7. The van der Waals surface area contributed by atoms with Crippen molar-refractivity contribution in [1.82, 2.24) is 9.38 Å². The molecule has 1 aromatic carbocycles. The molecule has 27 heavy (non-hydrogen) atoms. The van der Waals surface area contributed by atoms with E-state index in [1.165, 1.54) is 30.4 Å². The van der Waals surface area contributed by atoms with E-state index >= 15 is 0 Å². The predicted molar refractivity (Wildman–Crippen MR) is 92.4 cm³/mol. The Labute approximate surface area is 155 Å². The van der Waals surface area contributed by atoms with E-state index < -0.39 is 29.7 Å². The van der Waals surface area contributed by atoms with Gasteiger partial charge in [0.1, 0.15) is 0 Å². The molecule has 0 spiro atoms. The largest absolute Gasteiger partial charge is 0.452 e. The van der Waals surface area contributed by atoms with Crippen molar-refractivity contribution in [1.29, 1.82) is 0 Å². The van der Waals surface area contributed by atoms with Crippen LogP contribution in [0.4, 0.5) is 18.9 Å². The van der Waals surface area contributed by atoms with E-state index in [-0.39, 0.29) is 12.1 Å². The van der Waals surface area contributed by atoms with Crippen LogP contribution in [0.2, 0.25) is 0 Å². The highest BCUT2D eigenvalue weighted by atomic mass is 32.1. The van der Waals surface area contributed by atoms with E-state index in [4.69, 9.17) is 4.74 Å². The molecule has 0 bridgehead atoms. The van der Waals surface area contributed by atoms with Gasteiger partial charge in [0, 0.05) is 23.5 Å². The highest BCUT2D eigenvalue weighted by Gasteiger charge is 2.30. The number of imidazole rings is 1. The molecule has 0 aliphatic heterocycles. The van der Waals surface area contributed by atoms with Gasteiger partial charge in [-0.3, -0.25) is 14.0 Å². The molecule has 3 aromatic rings. The number of halogens is 3. The third-order valence-corrected chi connectivity index (χ3v) is 4.37. The molecule has 6 nitrogen and oxygen atoms in total. The summed E-state index contributed by atoms with van der Waals surface area (Å²) in [6.07, 6.45) is -2.32. The summed E-state index contributed by atoms with van der Waals surface area (Å²) in [4.78, 5) is 29.0. The summed E-state index contributed by atoms with van der Waals surface area (Å²) in [7, 11) is 0. The van der Waals surface area contributed by atoms with E-state index in [2.05, 4.69) is 10.3 Å². The van der Waals surface area contributed by atoms with E-state index in [1.54, 1.807) is 16.8 Å². The average Bonchev–Trinajstić information content (AvgIpc) is 3.15. The molecule has 0 saturated heterocycles. The molecule has 142 valence electrons. The first-order valence-electron chi connectivity index (χ1n) is 7.81. The summed E-state index contributed by atoms with van der Waals surface area (Å²) in [6, 6.07) is 4.21. The lowest BCUT2D eigenvalue weighted by Gasteiger charge is -2.14. The zero-order valence-electron chi connectivity index (χ0n) is 14.0. The molecule has 2 heterocycles. The summed E-state index contributed by atoms with van der Waals surface area (Å²) in [5.74, 6) is -1.39. The number of benzene rings is 1. The number of hydrogen-bond donors (Lipinski definition) is 1. The Kier molecular flexibility index (Phi) is 5.17. The molecule has 1 atom stereocenters. The highest BCUT2D eigenvalue weighted by molar-refractivity contribution is 7.15. The van der Waals surface area contributed by atoms with Crippen molar-refractivity contribution < 1.29 is 27.5 Å². The topological polar surface area (TPSA) is 72.7 Å². The van der Waals surface area contributed by atoms with E-state index in [9.17, 15) is 22.8 Å². The molecule has 2 aromatic heterocycles. The Balaban J connectivity index is 1.57. The quantitative estimate of drug-likeness (QED) is 0.669. The molecular weight excluding hydrogens is 383 g/mol. The normalized spacial score (nSPS) is 12.7. The fourth-order valence-corrected chi connectivity index (χ4v) is 3.04. The van der Waals surface area contributed by atoms with Gasteiger partial charge in [-0.2, -0.15) is 13.2 Å². The zero-order valence-corrected chi connectivity index (χ0v) is 14.8. The lowest BCUT2D eigenvalue weighted by Crippen LogP contribution is -2.30. The number of esters is 1. The number of rotatable bonds is 5. The van der Waals surface area contributed by atoms with Crippen molar-refractivity contribution in [3.8, 4) is 0 Å². The second kappa shape index (κ2) is 7.39. The molecule has 0 aliphatic carbocycles. The SMILES string of the molecule is C[C@@H](OC(=O)Cc1cn2ccsc2n1)C(=O)Nc1cccc(C(F)(F)F)c1. The molecule has 0 saturated carbocycles. The number of anilines is 1. The number of carbonyl (C=O) groups is 2. The molecule has 0 aliphatic rings. The van der Waals surface area contributed by atoms with Gasteiger partial charge >= 0.3 is 12.1 Å². The van der Waals surface area contributed by atoms with Gasteiger partial charge < -0.3 is 10.1 Å². The third kappa shape index (κ3) is 4.64. The van der Waals surface area contributed by atoms with E-state index in [1.807, 2.05) is 5.38 Å². The van der Waals surface area contributed by atoms with Gasteiger partial charge in [-0.1, -0.05) is 6.07 Å². The minimum absolute atomic E-state index is 0.0351. The zero-order chi connectivity index (χ0) is 19.6. The summed E-state index contributed by atoms with van der Waals surface area (Å²) >= 11 is 1.41. The number of fused-ring (bicyclic) bond motifs is 1. The standard InChI is InChI=1S/C17H14F3N3O3S/c1-10(15(25)21-12-4-2-3-11(7-12)17(18,19)20)26-14(24)8-13-9-23-5-6-27-16(23)22-13/h2-7,9-10H,8H2,1H3,(H,21,25)/t10-/m1/s1. The van der Waals surface area contributed by atoms with Crippen LogP contribution in [0.1, 0.15) is 18.2 Å². The first kappa shape index (κ1) is 18.9. The Bertz CT molecular complexity index is 952. The number of nitrogens with one attached hydrogen (secondary N) is 1. The number of ether oxygens (including phenoxy) is 1. The van der Waals surface area contributed by atoms with Crippen LogP contribution in [0.25, 0.3) is 4.96 Å². The van der Waals surface area contributed by atoms with Gasteiger partial charge in [-0.25, -0.2) is 4.98 Å². The van der Waals surface area contributed by atoms with Gasteiger partial charge in [-0.15, -0.1) is 11.3 Å². The van der Waals surface area contributed by atoms with Crippen molar-refractivity contribution in [2.45, 2.75) is 25.6 Å². The molecule has 10 heteroatoms. The van der Waals surface area contributed by atoms with Crippen molar-refractivity contribution >= 4 is 33.9 Å². The minimum atomic E-state index is -4.52. The number of aromatic nitrogens is 2. The number of alkyl halides is 3. The lowest BCUT2D eigenvalue weighted by molar-refractivity contribution is -0.152. The van der Waals surface area contributed by atoms with Crippen LogP contribution in [-0.4, -0.2) is 27.4 Å². The molecule has 3 rings (SSSR count). The van der Waals surface area contributed by atoms with Crippen molar-refractivity contribution in [3.63, 3.8) is 0 Å². The average molecular weight is 397 g/mol. The number of carbonyl (C=O) groups excluding carboxylic acids is 2. The first-order chi connectivity index (χ1) is 12.7. The first-order valence-corrected chi connectivity index (χ1v) is 8.69. The van der Waals surface area contributed by atoms with Crippen molar-refractivity contribution in [3.05, 3.63) is 53.3 Å². The van der Waals surface area contributed by atoms with Gasteiger partial charge in [0.2, 0.25) is 0 Å². The maximum absolute atomic E-state index is 12.7. The monoisotopic (exact) mass is 397 g/mol. The fourth-order valence-electron chi connectivity index (χ4n) is 2.32. The molecule has 0 radical (unpaired) electrons. The van der Waals surface area contributed by atoms with Crippen LogP contribution in [0.3, 0.4) is 0 Å². The van der Waals surface area contributed by atoms with Gasteiger partial charge in [0.05, 0.1) is 17.7 Å². The molecule has 1 N–H and O–H groups in total. The van der Waals surface area contributed by atoms with Crippen molar-refractivity contribution in [2.75, 3.05) is 5.32 Å². The Morgan fingerprint density at radius 3 is 2.85 bits per heavy atom. The summed E-state index contributed by atoms with van der Waals surface area (Å²) in [5, 5.41) is 4.16. The van der Waals surface area contributed by atoms with Crippen molar-refractivity contribution in [2.24, 2.45) is 0 Å². The van der Waals surface area contributed by atoms with Crippen LogP contribution >= 0.6 is 11.3 Å². The summed E-state index contributed by atoms with van der Waals surface area (Å²) in [6.45, 7) is 1.34. The molecule has 0 fully saturated rings. The van der Waals surface area contributed by atoms with Crippen LogP contribution < -0.4 is 5.32 Å². The van der Waals surface area contributed by atoms with Crippen LogP contribution in [-0.2, 0) is 26.9 Å². The Hall–Kier alpha value is -2.88. The lowest BCUT2D eigenvalue weighted by atomic mass is 10.2. The smallest absolute Gasteiger partial charge is 0.416 e. The highest BCUT2D eigenvalue weighted by Crippen LogP contribution is 2.30. The molecule has 1 amide bonds. The fraction of sp³-hybridized carbons (Fsp3) is 0.235. The second-order valence-electron chi connectivity index (χ2n) is 5.70. The number of amides is 1. The van der Waals surface area contributed by atoms with E-state index in [0.29, 0.717) is 5.69 Å². The summed E-state index contributed by atoms with van der Waals surface area (Å²) in [5.41, 5.74) is -0.422. The maximum Gasteiger partial charge on any atom is 0.416 e. The number of nitrogens with zero attached hydrogens (tertiary/aromatic N) is 2. The molecular formula is C17H14F3N3O3S. The van der Waals surface area contributed by atoms with Crippen LogP contribution in [0, 0.1) is 0 Å². The number of hydrogen-bond acceptors (Lipinski definition) is 5. The number of thiazole rings is 1. The third-order valence-electron chi connectivity index (χ3n) is 3.60. The van der Waals surface area contributed by atoms with Crippen LogP contribution in [0.15, 0.2) is 42.0 Å². The van der Waals surface area contributed by atoms with E-state index in [0.717, 1.165) is 17.1 Å². The molecule has 0 unspecified atom stereocenters. The second-order valence-corrected chi connectivity index (χ2v) is 6.57. The van der Waals surface area contributed by atoms with Crippen LogP contribution in [0.5, 0.6) is 0 Å². The predicted octanol–water partition coefficient (Wildman–Crippen LogP) is 3.53.